The molecule has 0 saturated carbocycles. The van der Waals surface area contributed by atoms with Crippen LogP contribution in [-0.4, -0.2) is 50.8 Å². The van der Waals surface area contributed by atoms with Crippen molar-refractivity contribution in [1.29, 1.82) is 0 Å². The molecule has 2 aromatic carbocycles. The first kappa shape index (κ1) is 24.5. The summed E-state index contributed by atoms with van der Waals surface area (Å²) in [5, 5.41) is 3.34. The first-order chi connectivity index (χ1) is 17.9. The summed E-state index contributed by atoms with van der Waals surface area (Å²) < 4.78 is 8.65. The quantitative estimate of drug-likeness (QED) is 0.409. The van der Waals surface area contributed by atoms with Crippen LogP contribution in [0.25, 0.3) is 16.6 Å². The van der Waals surface area contributed by atoms with Crippen LogP contribution in [-0.2, 0) is 29.5 Å². The molecule has 37 heavy (non-hydrogen) atoms. The fourth-order valence-corrected chi connectivity index (χ4v) is 4.84. The number of carbonyl (C=O) groups is 2. The maximum atomic E-state index is 13.3. The molecule has 0 saturated heterocycles. The Kier molecular flexibility index (Phi) is 6.62. The third-order valence-electron chi connectivity index (χ3n) is 6.93. The maximum Gasteiger partial charge on any atom is 0.339 e. The van der Waals surface area contributed by atoms with Crippen LogP contribution in [0.3, 0.4) is 0 Å². The number of likely N-dealkylation sites (N-methyl/N-ethyl adjacent to an activating group) is 1. The third kappa shape index (κ3) is 4.53. The number of rotatable bonds is 6. The van der Waals surface area contributed by atoms with Crippen LogP contribution >= 0.6 is 0 Å². The van der Waals surface area contributed by atoms with Crippen molar-refractivity contribution in [3.05, 3.63) is 87.5 Å². The molecule has 0 spiro atoms. The number of esters is 1. The van der Waals surface area contributed by atoms with Gasteiger partial charge in [0.2, 0.25) is 0 Å². The molecular weight excluding hydrogens is 470 g/mol. The Morgan fingerprint density at radius 1 is 1.08 bits per heavy atom. The van der Waals surface area contributed by atoms with Crippen molar-refractivity contribution in [2.24, 2.45) is 7.05 Å². The minimum absolute atomic E-state index is 0.151. The van der Waals surface area contributed by atoms with E-state index in [0.717, 1.165) is 36.3 Å². The van der Waals surface area contributed by atoms with Crippen molar-refractivity contribution in [3.63, 3.8) is 0 Å². The zero-order chi connectivity index (χ0) is 26.1. The van der Waals surface area contributed by atoms with E-state index in [9.17, 15) is 14.4 Å². The molecule has 2 aromatic heterocycles. The smallest absolute Gasteiger partial charge is 0.339 e. The summed E-state index contributed by atoms with van der Waals surface area (Å²) in [6, 6.07) is 16.6. The standard InChI is InChI=1S/C28H29N5O4/c1-4-32-15-14-23-21(16-32)25(20-12-8-9-13-22(20)29-23)28(36)37-17-24(34)30-26-18(2)31(3)33(27(26)35)19-10-6-5-7-11-19/h5-13H,4,14-17H2,1-3H3,(H,30,34). The minimum atomic E-state index is -0.582. The molecular formula is C28H29N5O4. The van der Waals surface area contributed by atoms with E-state index in [4.69, 9.17) is 9.72 Å². The van der Waals surface area contributed by atoms with Gasteiger partial charge in [-0.15, -0.1) is 0 Å². The molecule has 9 heteroatoms. The molecule has 0 fully saturated rings. The summed E-state index contributed by atoms with van der Waals surface area (Å²) in [5.74, 6) is -1.16. The van der Waals surface area contributed by atoms with Crippen LogP contribution in [0.1, 0.15) is 34.2 Å². The summed E-state index contributed by atoms with van der Waals surface area (Å²) in [5.41, 5.74) is 3.97. The second-order valence-corrected chi connectivity index (χ2v) is 9.11. The van der Waals surface area contributed by atoms with Crippen molar-refractivity contribution in [2.75, 3.05) is 25.0 Å². The van der Waals surface area contributed by atoms with E-state index < -0.39 is 18.5 Å². The SMILES string of the molecule is CCN1CCc2nc3ccccc3c(C(=O)OCC(=O)Nc3c(C)n(C)n(-c4ccccc4)c3=O)c2C1. The number of amides is 1. The van der Waals surface area contributed by atoms with Gasteiger partial charge in [-0.3, -0.25) is 24.2 Å². The Hall–Kier alpha value is -4.24. The van der Waals surface area contributed by atoms with E-state index in [1.54, 1.807) is 18.7 Å². The van der Waals surface area contributed by atoms with Gasteiger partial charge in [-0.2, -0.15) is 0 Å². The maximum absolute atomic E-state index is 13.3. The molecule has 0 atom stereocenters. The average molecular weight is 500 g/mol. The highest BCUT2D eigenvalue weighted by atomic mass is 16.5. The number of carbonyl (C=O) groups excluding carboxylic acids is 2. The van der Waals surface area contributed by atoms with E-state index in [2.05, 4.69) is 17.1 Å². The lowest BCUT2D eigenvalue weighted by molar-refractivity contribution is -0.119. The van der Waals surface area contributed by atoms with Gasteiger partial charge in [-0.25, -0.2) is 9.48 Å². The Morgan fingerprint density at radius 2 is 1.81 bits per heavy atom. The van der Waals surface area contributed by atoms with Crippen LogP contribution in [0, 0.1) is 6.92 Å². The number of aromatic nitrogens is 3. The lowest BCUT2D eigenvalue weighted by Gasteiger charge is -2.28. The summed E-state index contributed by atoms with van der Waals surface area (Å²) in [4.78, 5) is 46.2. The minimum Gasteiger partial charge on any atom is -0.452 e. The summed E-state index contributed by atoms with van der Waals surface area (Å²) in [6.45, 7) is 5.66. The van der Waals surface area contributed by atoms with E-state index in [1.165, 1.54) is 4.68 Å². The number of hydrogen-bond acceptors (Lipinski definition) is 6. The predicted molar refractivity (Wildman–Crippen MR) is 141 cm³/mol. The molecule has 1 amide bonds. The second kappa shape index (κ2) is 10.0. The number of fused-ring (bicyclic) bond motifs is 2. The number of para-hydroxylation sites is 2. The van der Waals surface area contributed by atoms with Crippen LogP contribution in [0.4, 0.5) is 5.69 Å². The highest BCUT2D eigenvalue weighted by molar-refractivity contribution is 6.06. The lowest BCUT2D eigenvalue weighted by atomic mass is 9.96. The van der Waals surface area contributed by atoms with E-state index >= 15 is 0 Å². The van der Waals surface area contributed by atoms with Crippen molar-refractivity contribution in [2.45, 2.75) is 26.8 Å². The lowest BCUT2D eigenvalue weighted by Crippen LogP contribution is -2.33. The van der Waals surface area contributed by atoms with Gasteiger partial charge in [-0.05, 0) is 31.7 Å². The molecule has 3 heterocycles. The van der Waals surface area contributed by atoms with Crippen LogP contribution < -0.4 is 10.9 Å². The molecule has 0 aliphatic carbocycles. The topological polar surface area (TPSA) is 98.5 Å². The second-order valence-electron chi connectivity index (χ2n) is 9.11. The summed E-state index contributed by atoms with van der Waals surface area (Å²) in [6.07, 6.45) is 0.746. The first-order valence-electron chi connectivity index (χ1n) is 12.3. The Balaban J connectivity index is 1.38. The molecule has 1 N–H and O–H groups in total. The number of benzene rings is 2. The molecule has 9 nitrogen and oxygen atoms in total. The highest BCUT2D eigenvalue weighted by Gasteiger charge is 2.27. The van der Waals surface area contributed by atoms with Gasteiger partial charge in [-0.1, -0.05) is 43.3 Å². The van der Waals surface area contributed by atoms with Gasteiger partial charge in [0.1, 0.15) is 5.69 Å². The van der Waals surface area contributed by atoms with Gasteiger partial charge >= 0.3 is 5.97 Å². The number of anilines is 1. The monoisotopic (exact) mass is 499 g/mol. The summed E-state index contributed by atoms with van der Waals surface area (Å²) >= 11 is 0. The molecule has 1 aliphatic heterocycles. The highest BCUT2D eigenvalue weighted by Crippen LogP contribution is 2.28. The van der Waals surface area contributed by atoms with Crippen molar-refractivity contribution in [1.82, 2.24) is 19.2 Å². The van der Waals surface area contributed by atoms with E-state index in [1.807, 2.05) is 54.6 Å². The van der Waals surface area contributed by atoms with Gasteiger partial charge in [0, 0.05) is 43.2 Å². The van der Waals surface area contributed by atoms with Gasteiger partial charge < -0.3 is 10.1 Å². The average Bonchev–Trinajstić information content (AvgIpc) is 3.13. The van der Waals surface area contributed by atoms with Crippen LogP contribution in [0.2, 0.25) is 0 Å². The van der Waals surface area contributed by atoms with Crippen molar-refractivity contribution < 1.29 is 14.3 Å². The van der Waals surface area contributed by atoms with E-state index in [-0.39, 0.29) is 11.2 Å². The van der Waals surface area contributed by atoms with Gasteiger partial charge in [0.05, 0.1) is 22.5 Å². The molecule has 0 unspecified atom stereocenters. The number of hydrogen-bond donors (Lipinski definition) is 1. The predicted octanol–water partition coefficient (Wildman–Crippen LogP) is 3.21. The molecule has 0 bridgehead atoms. The van der Waals surface area contributed by atoms with Crippen molar-refractivity contribution in [3.8, 4) is 5.69 Å². The molecule has 0 radical (unpaired) electrons. The van der Waals surface area contributed by atoms with Crippen LogP contribution in [0.15, 0.2) is 59.4 Å². The molecule has 190 valence electrons. The normalized spacial score (nSPS) is 13.4. The first-order valence-corrected chi connectivity index (χ1v) is 12.3. The molecule has 4 aromatic rings. The fourth-order valence-electron chi connectivity index (χ4n) is 4.84. The Morgan fingerprint density at radius 3 is 2.57 bits per heavy atom. The number of ether oxygens (including phenoxy) is 1. The summed E-state index contributed by atoms with van der Waals surface area (Å²) in [7, 11) is 1.75. The zero-order valence-electron chi connectivity index (χ0n) is 21.2. The Labute approximate surface area is 214 Å². The zero-order valence-corrected chi connectivity index (χ0v) is 21.2. The number of nitrogens with zero attached hydrogens (tertiary/aromatic N) is 4. The van der Waals surface area contributed by atoms with Gasteiger partial charge in [0.15, 0.2) is 6.61 Å². The van der Waals surface area contributed by atoms with Crippen molar-refractivity contribution >= 4 is 28.5 Å². The number of pyridine rings is 1. The number of nitrogens with one attached hydrogen (secondary N) is 1. The fraction of sp³-hybridized carbons (Fsp3) is 0.286. The third-order valence-corrected chi connectivity index (χ3v) is 6.93. The molecule has 5 rings (SSSR count). The Bertz CT molecular complexity index is 1550. The largest absolute Gasteiger partial charge is 0.452 e. The van der Waals surface area contributed by atoms with E-state index in [0.29, 0.717) is 28.9 Å². The molecule has 1 aliphatic rings. The van der Waals surface area contributed by atoms with Gasteiger partial charge in [0.25, 0.3) is 11.5 Å². The van der Waals surface area contributed by atoms with Crippen LogP contribution in [0.5, 0.6) is 0 Å².